The van der Waals surface area contributed by atoms with Crippen LogP contribution in [0.4, 0.5) is 0 Å². The fraction of sp³-hybridized carbons (Fsp3) is 0.0263. The maximum atomic E-state index is 5.82. The van der Waals surface area contributed by atoms with Crippen molar-refractivity contribution in [3.8, 4) is 107 Å². The molecule has 123 heavy (non-hydrogen) atoms. The predicted molar refractivity (Wildman–Crippen MR) is 514 cm³/mol. The summed E-state index contributed by atoms with van der Waals surface area (Å²) in [7, 11) is 0. The van der Waals surface area contributed by atoms with Crippen LogP contribution in [0.2, 0.25) is 0 Å². The number of rotatable bonds is 11. The molecule has 6 aromatic heterocycles. The minimum atomic E-state index is -0.230. The van der Waals surface area contributed by atoms with Gasteiger partial charge in [0.2, 0.25) is 11.9 Å². The Kier molecular flexibility index (Phi) is 15.0. The van der Waals surface area contributed by atoms with Crippen molar-refractivity contribution >= 4 is 151 Å². The van der Waals surface area contributed by atoms with E-state index in [0.717, 1.165) is 149 Å². The van der Waals surface area contributed by atoms with Crippen molar-refractivity contribution in [1.82, 2.24) is 38.6 Å². The molecule has 8 nitrogen and oxygen atoms in total. The van der Waals surface area contributed by atoms with E-state index in [1.807, 2.05) is 11.3 Å². The summed E-state index contributed by atoms with van der Waals surface area (Å²) in [6.07, 6.45) is 0. The van der Waals surface area contributed by atoms with Gasteiger partial charge in [0.05, 0.1) is 44.3 Å². The smallest absolute Gasteiger partial charge is 0.238 e. The van der Waals surface area contributed by atoms with Gasteiger partial charge in [0.1, 0.15) is 0 Å². The van der Waals surface area contributed by atoms with Crippen molar-refractivity contribution in [1.29, 1.82) is 0 Å². The van der Waals surface area contributed by atoms with Crippen molar-refractivity contribution in [2.24, 2.45) is 0 Å². The van der Waals surface area contributed by atoms with Crippen molar-refractivity contribution in [3.63, 3.8) is 0 Å². The van der Waals surface area contributed by atoms with Crippen LogP contribution in [0.5, 0.6) is 0 Å². The molecule has 25 aromatic rings. The molecule has 9 heteroatoms. The quantitative estimate of drug-likeness (QED) is 0.121. The highest BCUT2D eigenvalue weighted by Gasteiger charge is 2.37. The molecule has 0 radical (unpaired) electrons. The van der Waals surface area contributed by atoms with Crippen molar-refractivity contribution in [2.75, 3.05) is 0 Å². The Labute approximate surface area is 710 Å². The molecule has 0 N–H and O–H groups in total. The second-order valence-corrected chi connectivity index (χ2v) is 34.3. The van der Waals surface area contributed by atoms with Crippen LogP contribution in [-0.4, -0.2) is 38.6 Å². The molecular weight excluding hydrogens is 1510 g/mol. The zero-order valence-corrected chi connectivity index (χ0v) is 67.8. The van der Waals surface area contributed by atoms with E-state index in [9.17, 15) is 0 Å². The highest BCUT2D eigenvalue weighted by Crippen LogP contribution is 2.57. The lowest BCUT2D eigenvalue weighted by Gasteiger charge is -2.21. The topological polar surface area (TPSA) is 79.2 Å². The maximum absolute atomic E-state index is 5.82. The summed E-state index contributed by atoms with van der Waals surface area (Å²) < 4.78 is 9.60. The molecule has 0 saturated heterocycles. The van der Waals surface area contributed by atoms with Gasteiger partial charge < -0.3 is 4.57 Å². The summed E-state index contributed by atoms with van der Waals surface area (Å²) in [5, 5.41) is 20.2. The number of thiophene rings is 1. The van der Waals surface area contributed by atoms with Gasteiger partial charge in [-0.2, -0.15) is 9.97 Å². The van der Waals surface area contributed by atoms with Gasteiger partial charge in [-0.15, -0.1) is 11.3 Å². The molecule has 0 spiro atoms. The normalized spacial score (nSPS) is 12.7. The Balaban J connectivity index is 0.685. The van der Waals surface area contributed by atoms with Gasteiger partial charge in [-0.25, -0.2) is 15.0 Å². The third kappa shape index (κ3) is 10.3. The largest absolute Gasteiger partial charge is 0.307 e. The van der Waals surface area contributed by atoms with Gasteiger partial charge in [0.25, 0.3) is 0 Å². The summed E-state index contributed by atoms with van der Waals surface area (Å²) in [5.74, 6) is 2.27. The Hall–Kier alpha value is -15.8. The van der Waals surface area contributed by atoms with Gasteiger partial charge in [-0.1, -0.05) is 329 Å². The Morgan fingerprint density at radius 2 is 0.699 bits per heavy atom. The van der Waals surface area contributed by atoms with Crippen LogP contribution in [0, 0.1) is 0 Å². The summed E-state index contributed by atoms with van der Waals surface area (Å²) in [6.45, 7) is 4.81. The maximum Gasteiger partial charge on any atom is 0.238 e. The second-order valence-electron chi connectivity index (χ2n) is 33.3. The van der Waals surface area contributed by atoms with Gasteiger partial charge in [0, 0.05) is 96.4 Å². The molecule has 0 bridgehead atoms. The molecule has 0 unspecified atom stereocenters. The van der Waals surface area contributed by atoms with E-state index >= 15 is 0 Å². The lowest BCUT2D eigenvalue weighted by atomic mass is 9.82. The molecule has 26 rings (SSSR count). The number of fused-ring (bicyclic) bond motifs is 21. The molecule has 0 amide bonds. The first-order valence-electron chi connectivity index (χ1n) is 42.1. The van der Waals surface area contributed by atoms with Crippen LogP contribution < -0.4 is 0 Å². The minimum Gasteiger partial charge on any atom is -0.307 e. The van der Waals surface area contributed by atoms with Crippen molar-refractivity contribution in [3.05, 3.63) is 399 Å². The van der Waals surface area contributed by atoms with Gasteiger partial charge in [-0.3, -0.25) is 9.13 Å². The fourth-order valence-electron chi connectivity index (χ4n) is 20.7. The molecule has 0 aliphatic heterocycles. The summed E-state index contributed by atoms with van der Waals surface area (Å²) >= 11 is 1.86. The highest BCUT2D eigenvalue weighted by atomic mass is 32.1. The molecule has 0 atom stereocenters. The SMILES string of the molecule is CC1(C)c2cccc3c4cc(-c5cccc(-c6cccc(-c7ccccc7)c6)c5)cc(-c5cc6c7ccccc7n(-c7ccccc7)c6c6c5c5ccccc5n6-c5nc(-c6ccccc6)nc(-c6ccc(-c7ccc8c(c7)sc7c9ccccc9c9c(c%10ccccc%10n9-c9nc(-c%10ccccc%10)c%10ccccc%10n9)c87)cc6)n5)c4c4cccc1c4c23. The lowest BCUT2D eigenvalue weighted by Crippen LogP contribution is -2.14. The molecule has 6 heterocycles. The average Bonchev–Trinajstić information content (AvgIpc) is 1.53. The van der Waals surface area contributed by atoms with Gasteiger partial charge in [0.15, 0.2) is 11.6 Å². The van der Waals surface area contributed by atoms with Gasteiger partial charge in [-0.05, 0) is 172 Å². The summed E-state index contributed by atoms with van der Waals surface area (Å²) in [4.78, 5) is 28.0. The molecule has 1 aliphatic carbocycles. The molecular formula is C114H70N8S. The van der Waals surface area contributed by atoms with Crippen molar-refractivity contribution < 1.29 is 0 Å². The second kappa shape index (κ2) is 26.6. The highest BCUT2D eigenvalue weighted by molar-refractivity contribution is 7.27. The average molecular weight is 1580 g/mol. The molecule has 572 valence electrons. The molecule has 0 fully saturated rings. The minimum absolute atomic E-state index is 0.230. The zero-order chi connectivity index (χ0) is 80.9. The monoisotopic (exact) mass is 1580 g/mol. The Bertz CT molecular complexity index is 8820. The van der Waals surface area contributed by atoms with E-state index in [4.69, 9.17) is 24.9 Å². The van der Waals surface area contributed by atoms with Gasteiger partial charge >= 0.3 is 0 Å². The number of benzene rings is 19. The Morgan fingerprint density at radius 1 is 0.236 bits per heavy atom. The number of hydrogen-bond acceptors (Lipinski definition) is 6. The van der Waals surface area contributed by atoms with E-state index in [1.165, 1.54) is 85.5 Å². The molecule has 1 aliphatic rings. The van der Waals surface area contributed by atoms with E-state index in [2.05, 4.69) is 416 Å². The van der Waals surface area contributed by atoms with Crippen LogP contribution in [0.25, 0.3) is 247 Å². The first-order valence-corrected chi connectivity index (χ1v) is 42.9. The first kappa shape index (κ1) is 69.2. The third-order valence-corrected chi connectivity index (χ3v) is 27.4. The standard InChI is InChI=1S/C114H70N8S/c1-114(2)92-49-27-47-80-88-63-77(75-38-26-37-74(62-75)73-36-25-35-72(61-73)67-29-7-3-8-30-67)64-89(99(88)87-48-28-50-93(114)102(87)101(80)92)90-66-91-79-41-18-22-52-95(79)120(78-39-13-6-14-40-78)107(91)108-100(90)84-45-19-23-53-96(84)122(108)113-118-110(70-33-11-5-12-34-70)117-111(119-113)71-57-55-68(56-58-71)76-59-60-86-98(65-76)123-109-82-43-16-15-42-81(82)106-103(104(86)109)85-46-20-24-54-97(85)121(106)112-115-94-51-21-17-44-83(94)105(116-112)69-31-9-4-10-32-69/h3-66H,1-2H3. The third-order valence-electron chi connectivity index (χ3n) is 26.2. The zero-order valence-electron chi connectivity index (χ0n) is 66.9. The fourth-order valence-corrected chi connectivity index (χ4v) is 22.0. The lowest BCUT2D eigenvalue weighted by molar-refractivity contribution is 0.663. The van der Waals surface area contributed by atoms with Crippen LogP contribution in [0.3, 0.4) is 0 Å². The van der Waals surface area contributed by atoms with Crippen LogP contribution in [0.1, 0.15) is 25.0 Å². The first-order chi connectivity index (χ1) is 60.8. The molecule has 19 aromatic carbocycles. The van der Waals surface area contributed by atoms with E-state index in [0.29, 0.717) is 23.5 Å². The Morgan fingerprint density at radius 3 is 1.38 bits per heavy atom. The van der Waals surface area contributed by atoms with E-state index < -0.39 is 0 Å². The summed E-state index contributed by atoms with van der Waals surface area (Å²) in [6, 6.07) is 142. The number of nitrogens with zero attached hydrogens (tertiary/aromatic N) is 8. The number of aromatic nitrogens is 8. The number of para-hydroxylation sites is 5. The van der Waals surface area contributed by atoms with E-state index in [1.54, 1.807) is 0 Å². The summed E-state index contributed by atoms with van der Waals surface area (Å²) in [5.41, 5.74) is 25.8. The van der Waals surface area contributed by atoms with Crippen molar-refractivity contribution in [2.45, 2.75) is 19.3 Å². The van der Waals surface area contributed by atoms with Crippen LogP contribution >= 0.6 is 11.3 Å². The van der Waals surface area contributed by atoms with Crippen LogP contribution in [0.15, 0.2) is 388 Å². The number of hydrogen-bond donors (Lipinski definition) is 0. The molecule has 0 saturated carbocycles. The predicted octanol–water partition coefficient (Wildman–Crippen LogP) is 30.1. The van der Waals surface area contributed by atoms with Crippen LogP contribution in [-0.2, 0) is 5.41 Å². The van der Waals surface area contributed by atoms with E-state index in [-0.39, 0.29) is 5.41 Å².